The lowest BCUT2D eigenvalue weighted by molar-refractivity contribution is 0.199. The first-order chi connectivity index (χ1) is 8.24. The van der Waals surface area contributed by atoms with E-state index in [-0.39, 0.29) is 0 Å². The van der Waals surface area contributed by atoms with Gasteiger partial charge in [0.25, 0.3) is 0 Å². The van der Waals surface area contributed by atoms with Crippen LogP contribution < -0.4 is 5.32 Å². The maximum atomic E-state index is 4.96. The summed E-state index contributed by atoms with van der Waals surface area (Å²) in [5.41, 5.74) is 3.97. The molecule has 0 spiro atoms. The van der Waals surface area contributed by atoms with E-state index >= 15 is 0 Å². The van der Waals surface area contributed by atoms with Crippen molar-refractivity contribution >= 4 is 6.08 Å². The van der Waals surface area contributed by atoms with Gasteiger partial charge in [-0.25, -0.2) is 0 Å². The third kappa shape index (κ3) is 5.66. The van der Waals surface area contributed by atoms with Gasteiger partial charge in [0.2, 0.25) is 0 Å². The number of ether oxygens (including phenoxy) is 1. The Kier molecular flexibility index (Phi) is 6.60. The van der Waals surface area contributed by atoms with Crippen LogP contribution in [0.2, 0.25) is 0 Å². The van der Waals surface area contributed by atoms with Gasteiger partial charge in [-0.2, -0.15) is 0 Å². The summed E-state index contributed by atoms with van der Waals surface area (Å²) in [7, 11) is 1.72. The molecular weight excluding hydrogens is 210 g/mol. The van der Waals surface area contributed by atoms with E-state index in [2.05, 4.69) is 49.5 Å². The Morgan fingerprint density at radius 3 is 2.76 bits per heavy atom. The first-order valence-corrected chi connectivity index (χ1v) is 6.17. The molecule has 0 fully saturated rings. The van der Waals surface area contributed by atoms with Crippen LogP contribution in [0.1, 0.15) is 23.1 Å². The molecule has 0 aliphatic rings. The van der Waals surface area contributed by atoms with Crippen molar-refractivity contribution in [1.82, 2.24) is 5.32 Å². The highest BCUT2D eigenvalue weighted by atomic mass is 16.5. The Hall–Kier alpha value is -1.12. The molecule has 0 aromatic heterocycles. The van der Waals surface area contributed by atoms with E-state index in [1.54, 1.807) is 7.11 Å². The minimum atomic E-state index is 0.779. The summed E-state index contributed by atoms with van der Waals surface area (Å²) < 4.78 is 4.96. The molecule has 0 aliphatic carbocycles. The summed E-state index contributed by atoms with van der Waals surface area (Å²) in [4.78, 5) is 0. The van der Waals surface area contributed by atoms with E-state index in [0.717, 1.165) is 26.1 Å². The van der Waals surface area contributed by atoms with Gasteiger partial charge >= 0.3 is 0 Å². The minimum Gasteiger partial charge on any atom is -0.383 e. The van der Waals surface area contributed by atoms with Crippen LogP contribution in [0.5, 0.6) is 0 Å². The molecule has 1 aromatic rings. The number of benzene rings is 1. The Morgan fingerprint density at radius 2 is 2.06 bits per heavy atom. The lowest BCUT2D eigenvalue weighted by atomic mass is 10.1. The van der Waals surface area contributed by atoms with E-state index in [0.29, 0.717) is 0 Å². The average Bonchev–Trinajstić information content (AvgIpc) is 2.30. The third-order valence-electron chi connectivity index (χ3n) is 2.69. The van der Waals surface area contributed by atoms with Crippen LogP contribution >= 0.6 is 0 Å². The summed E-state index contributed by atoms with van der Waals surface area (Å²) in [6.07, 6.45) is 5.47. The van der Waals surface area contributed by atoms with E-state index in [1.807, 2.05) is 0 Å². The number of nitrogens with one attached hydrogen (secondary N) is 1. The van der Waals surface area contributed by atoms with Crippen LogP contribution in [-0.4, -0.2) is 26.8 Å². The molecule has 0 unspecified atom stereocenters. The molecule has 17 heavy (non-hydrogen) atoms. The van der Waals surface area contributed by atoms with Gasteiger partial charge in [0.1, 0.15) is 0 Å². The quantitative estimate of drug-likeness (QED) is 0.731. The zero-order valence-corrected chi connectivity index (χ0v) is 11.1. The van der Waals surface area contributed by atoms with Gasteiger partial charge in [-0.1, -0.05) is 35.9 Å². The highest BCUT2D eigenvalue weighted by Crippen LogP contribution is 2.12. The van der Waals surface area contributed by atoms with Crippen LogP contribution in [0.3, 0.4) is 0 Å². The summed E-state index contributed by atoms with van der Waals surface area (Å²) in [5.74, 6) is 0. The van der Waals surface area contributed by atoms with E-state index in [4.69, 9.17) is 4.74 Å². The number of methoxy groups -OCH3 is 1. The molecule has 2 heteroatoms. The Labute approximate surface area is 105 Å². The summed E-state index contributed by atoms with van der Waals surface area (Å²) in [6.45, 7) is 6.99. The fraction of sp³-hybridized carbons (Fsp3) is 0.467. The van der Waals surface area contributed by atoms with Crippen molar-refractivity contribution in [3.63, 3.8) is 0 Å². The van der Waals surface area contributed by atoms with Crippen molar-refractivity contribution in [3.8, 4) is 0 Å². The van der Waals surface area contributed by atoms with Crippen molar-refractivity contribution in [2.75, 3.05) is 26.8 Å². The SMILES string of the molecule is COCCNCCC=Cc1ccc(C)cc1C. The lowest BCUT2D eigenvalue weighted by Crippen LogP contribution is -2.19. The van der Waals surface area contributed by atoms with Crippen LogP contribution in [0, 0.1) is 13.8 Å². The molecule has 2 nitrogen and oxygen atoms in total. The van der Waals surface area contributed by atoms with Gasteiger partial charge in [-0.05, 0) is 37.9 Å². The zero-order chi connectivity index (χ0) is 12.5. The number of rotatable bonds is 7. The fourth-order valence-corrected chi connectivity index (χ4v) is 1.71. The maximum Gasteiger partial charge on any atom is 0.0587 e. The van der Waals surface area contributed by atoms with E-state index in [1.165, 1.54) is 16.7 Å². The molecular formula is C15H23NO. The molecule has 1 rings (SSSR count). The largest absolute Gasteiger partial charge is 0.383 e. The Bertz CT molecular complexity index is 358. The second-order valence-electron chi connectivity index (χ2n) is 4.29. The van der Waals surface area contributed by atoms with Gasteiger partial charge in [0, 0.05) is 13.7 Å². The molecule has 0 radical (unpaired) electrons. The van der Waals surface area contributed by atoms with Crippen LogP contribution in [0.15, 0.2) is 24.3 Å². The number of aryl methyl sites for hydroxylation is 2. The topological polar surface area (TPSA) is 21.3 Å². The van der Waals surface area contributed by atoms with Gasteiger partial charge in [-0.3, -0.25) is 0 Å². The summed E-state index contributed by atoms with van der Waals surface area (Å²) in [6, 6.07) is 6.56. The molecule has 0 saturated heterocycles. The first-order valence-electron chi connectivity index (χ1n) is 6.17. The third-order valence-corrected chi connectivity index (χ3v) is 2.69. The fourth-order valence-electron chi connectivity index (χ4n) is 1.71. The highest BCUT2D eigenvalue weighted by Gasteiger charge is 1.93. The van der Waals surface area contributed by atoms with Gasteiger partial charge in [0.15, 0.2) is 0 Å². The first kappa shape index (κ1) is 13.9. The van der Waals surface area contributed by atoms with Gasteiger partial charge in [0.05, 0.1) is 6.61 Å². The molecule has 0 amide bonds. The van der Waals surface area contributed by atoms with Crippen molar-refractivity contribution < 1.29 is 4.74 Å². The Morgan fingerprint density at radius 1 is 1.24 bits per heavy atom. The molecule has 94 valence electrons. The van der Waals surface area contributed by atoms with Crippen molar-refractivity contribution in [2.45, 2.75) is 20.3 Å². The molecule has 0 heterocycles. The van der Waals surface area contributed by atoms with Crippen molar-refractivity contribution in [3.05, 3.63) is 41.0 Å². The molecule has 0 bridgehead atoms. The van der Waals surface area contributed by atoms with E-state index < -0.39 is 0 Å². The standard InChI is InChI=1S/C15H23NO/c1-13-7-8-15(14(2)12-13)6-4-5-9-16-10-11-17-3/h4,6-8,12,16H,5,9-11H2,1-3H3. The number of hydrogen-bond acceptors (Lipinski definition) is 2. The van der Waals surface area contributed by atoms with Crippen molar-refractivity contribution in [2.24, 2.45) is 0 Å². The molecule has 0 atom stereocenters. The number of hydrogen-bond donors (Lipinski definition) is 1. The second-order valence-corrected chi connectivity index (χ2v) is 4.29. The average molecular weight is 233 g/mol. The van der Waals surface area contributed by atoms with Crippen LogP contribution in [-0.2, 0) is 4.74 Å². The van der Waals surface area contributed by atoms with Gasteiger partial charge in [-0.15, -0.1) is 0 Å². The lowest BCUT2D eigenvalue weighted by Gasteiger charge is -2.02. The molecule has 0 aliphatic heterocycles. The second kappa shape index (κ2) is 8.04. The predicted molar refractivity (Wildman–Crippen MR) is 74.3 cm³/mol. The van der Waals surface area contributed by atoms with Crippen LogP contribution in [0.4, 0.5) is 0 Å². The minimum absolute atomic E-state index is 0.779. The predicted octanol–water partition coefficient (Wildman–Crippen LogP) is 2.94. The Balaban J connectivity index is 2.28. The van der Waals surface area contributed by atoms with Crippen molar-refractivity contribution in [1.29, 1.82) is 0 Å². The normalized spacial score (nSPS) is 11.2. The van der Waals surface area contributed by atoms with Gasteiger partial charge < -0.3 is 10.1 Å². The highest BCUT2D eigenvalue weighted by molar-refractivity contribution is 5.54. The smallest absolute Gasteiger partial charge is 0.0587 e. The summed E-state index contributed by atoms with van der Waals surface area (Å²) >= 11 is 0. The molecule has 0 saturated carbocycles. The van der Waals surface area contributed by atoms with E-state index in [9.17, 15) is 0 Å². The van der Waals surface area contributed by atoms with Crippen LogP contribution in [0.25, 0.3) is 6.08 Å². The monoisotopic (exact) mass is 233 g/mol. The summed E-state index contributed by atoms with van der Waals surface area (Å²) in [5, 5.41) is 3.32. The molecule has 1 aromatic carbocycles. The molecule has 1 N–H and O–H groups in total. The zero-order valence-electron chi connectivity index (χ0n) is 11.1. The maximum absolute atomic E-state index is 4.96.